The predicted octanol–water partition coefficient (Wildman–Crippen LogP) is 3.01. The Morgan fingerprint density at radius 1 is 1.50 bits per heavy atom. The summed E-state index contributed by atoms with van der Waals surface area (Å²) in [4.78, 5) is 14.2. The third kappa shape index (κ3) is 3.48. The van der Waals surface area contributed by atoms with Crippen molar-refractivity contribution < 1.29 is 22.7 Å². The van der Waals surface area contributed by atoms with E-state index < -0.39 is 18.2 Å². The van der Waals surface area contributed by atoms with Gasteiger partial charge in [0.25, 0.3) is 0 Å². The number of carbonyl (C=O) groups excluding carboxylic acids is 1. The lowest BCUT2D eigenvalue weighted by molar-refractivity contribution is -0.223. The van der Waals surface area contributed by atoms with E-state index in [0.717, 1.165) is 13.1 Å². The zero-order valence-corrected chi connectivity index (χ0v) is 9.67. The Hall–Kier alpha value is -1.11. The van der Waals surface area contributed by atoms with E-state index >= 15 is 0 Å². The van der Waals surface area contributed by atoms with Crippen LogP contribution in [-0.2, 0) is 9.53 Å². The zero-order chi connectivity index (χ0) is 12.3. The topological polar surface area (TPSA) is 39.2 Å². The first-order valence-corrected chi connectivity index (χ1v) is 4.94. The summed E-state index contributed by atoms with van der Waals surface area (Å²) in [6.07, 6.45) is -4.60. The van der Waals surface area contributed by atoms with Gasteiger partial charge in [-0.05, 0) is 22.0 Å². The van der Waals surface area contributed by atoms with Gasteiger partial charge < -0.3 is 4.74 Å². The number of alkyl halides is 3. The molecule has 1 atom stereocenters. The molecule has 16 heavy (non-hydrogen) atoms. The van der Waals surface area contributed by atoms with Crippen LogP contribution in [0.1, 0.15) is 18.6 Å². The summed E-state index contributed by atoms with van der Waals surface area (Å²) in [5.74, 6) is -0.998. The Labute approximate surface area is 97.8 Å². The standard InChI is InChI=1S/C9H7BrF3NO2/c1-5(15)16-8(9(11,12)13)6-2-7(10)4-14-3-6/h2-4,8H,1H3/t8-/m0/s1. The van der Waals surface area contributed by atoms with E-state index in [1.807, 2.05) is 0 Å². The number of nitrogens with zero attached hydrogens (tertiary/aromatic N) is 1. The van der Waals surface area contributed by atoms with Crippen LogP contribution in [0.3, 0.4) is 0 Å². The predicted molar refractivity (Wildman–Crippen MR) is 52.5 cm³/mol. The number of aromatic nitrogens is 1. The Morgan fingerprint density at radius 3 is 2.56 bits per heavy atom. The highest BCUT2D eigenvalue weighted by Crippen LogP contribution is 2.36. The van der Waals surface area contributed by atoms with Crippen LogP contribution in [0.5, 0.6) is 0 Å². The largest absolute Gasteiger partial charge is 0.448 e. The van der Waals surface area contributed by atoms with E-state index in [4.69, 9.17) is 0 Å². The van der Waals surface area contributed by atoms with Crippen LogP contribution in [-0.4, -0.2) is 17.1 Å². The first kappa shape index (κ1) is 13.0. The third-order valence-electron chi connectivity index (χ3n) is 1.61. The highest BCUT2D eigenvalue weighted by molar-refractivity contribution is 9.10. The summed E-state index contributed by atoms with van der Waals surface area (Å²) in [6.45, 7) is 0.921. The molecule has 0 aliphatic rings. The van der Waals surface area contributed by atoms with E-state index in [0.29, 0.717) is 4.47 Å². The van der Waals surface area contributed by atoms with Crippen LogP contribution >= 0.6 is 15.9 Å². The molecular weight excluding hydrogens is 291 g/mol. The summed E-state index contributed by atoms with van der Waals surface area (Å²) in [7, 11) is 0. The first-order chi connectivity index (χ1) is 7.30. The Bertz CT molecular complexity index is 395. The highest BCUT2D eigenvalue weighted by atomic mass is 79.9. The molecule has 0 saturated carbocycles. The molecule has 0 aliphatic heterocycles. The van der Waals surface area contributed by atoms with Crippen LogP contribution in [0.25, 0.3) is 0 Å². The molecule has 1 heterocycles. The van der Waals surface area contributed by atoms with Crippen molar-refractivity contribution in [3.8, 4) is 0 Å². The van der Waals surface area contributed by atoms with Gasteiger partial charge in [-0.1, -0.05) is 0 Å². The molecule has 7 heteroatoms. The zero-order valence-electron chi connectivity index (χ0n) is 8.08. The Kier molecular flexibility index (Phi) is 3.90. The third-order valence-corrected chi connectivity index (χ3v) is 2.04. The maximum atomic E-state index is 12.6. The molecule has 0 N–H and O–H groups in total. The van der Waals surface area contributed by atoms with Gasteiger partial charge in [-0.2, -0.15) is 13.2 Å². The molecule has 0 unspecified atom stereocenters. The van der Waals surface area contributed by atoms with Crippen molar-refractivity contribution in [1.82, 2.24) is 4.98 Å². The molecule has 0 bridgehead atoms. The van der Waals surface area contributed by atoms with Crippen molar-refractivity contribution in [2.75, 3.05) is 0 Å². The van der Waals surface area contributed by atoms with E-state index in [1.165, 1.54) is 12.3 Å². The van der Waals surface area contributed by atoms with Gasteiger partial charge in [0, 0.05) is 29.4 Å². The van der Waals surface area contributed by atoms with Gasteiger partial charge in [0.05, 0.1) is 0 Å². The van der Waals surface area contributed by atoms with Gasteiger partial charge in [0.15, 0.2) is 0 Å². The fourth-order valence-electron chi connectivity index (χ4n) is 1.06. The van der Waals surface area contributed by atoms with Gasteiger partial charge in [-0.25, -0.2) is 0 Å². The lowest BCUT2D eigenvalue weighted by Gasteiger charge is -2.19. The van der Waals surface area contributed by atoms with E-state index in [2.05, 4.69) is 25.7 Å². The molecule has 1 aromatic rings. The summed E-state index contributed by atoms with van der Waals surface area (Å²) in [5.41, 5.74) is -0.225. The van der Waals surface area contributed by atoms with E-state index in [9.17, 15) is 18.0 Å². The number of hydrogen-bond acceptors (Lipinski definition) is 3. The molecule has 1 aromatic heterocycles. The number of halogens is 4. The Balaban J connectivity index is 3.06. The first-order valence-electron chi connectivity index (χ1n) is 4.15. The number of pyridine rings is 1. The normalized spacial score (nSPS) is 13.3. The van der Waals surface area contributed by atoms with Gasteiger partial charge in [0.2, 0.25) is 6.10 Å². The average molecular weight is 298 g/mol. The second-order valence-electron chi connectivity index (χ2n) is 2.97. The number of hydrogen-bond donors (Lipinski definition) is 0. The minimum Gasteiger partial charge on any atom is -0.448 e. The summed E-state index contributed by atoms with van der Waals surface area (Å²) < 4.78 is 42.3. The fraction of sp³-hybridized carbons (Fsp3) is 0.333. The van der Waals surface area contributed by atoms with Crippen molar-refractivity contribution in [2.45, 2.75) is 19.2 Å². The van der Waals surface area contributed by atoms with E-state index in [1.54, 1.807) is 0 Å². The smallest absolute Gasteiger partial charge is 0.429 e. The van der Waals surface area contributed by atoms with Gasteiger partial charge in [0.1, 0.15) is 0 Å². The lowest BCUT2D eigenvalue weighted by Crippen LogP contribution is -2.25. The monoisotopic (exact) mass is 297 g/mol. The molecule has 0 saturated heterocycles. The van der Waals surface area contributed by atoms with Crippen LogP contribution in [0.2, 0.25) is 0 Å². The molecule has 0 aliphatic carbocycles. The number of rotatable bonds is 2. The minimum absolute atomic E-state index is 0.225. The summed E-state index contributed by atoms with van der Waals surface area (Å²) >= 11 is 2.99. The van der Waals surface area contributed by atoms with E-state index in [-0.39, 0.29) is 5.56 Å². The molecule has 0 amide bonds. The molecule has 3 nitrogen and oxygen atoms in total. The molecule has 0 aromatic carbocycles. The SMILES string of the molecule is CC(=O)O[C@@H](c1cncc(Br)c1)C(F)(F)F. The lowest BCUT2D eigenvalue weighted by atomic mass is 10.1. The van der Waals surface area contributed by atoms with Crippen LogP contribution in [0.15, 0.2) is 22.9 Å². The second-order valence-corrected chi connectivity index (χ2v) is 3.88. The van der Waals surface area contributed by atoms with Crippen LogP contribution in [0.4, 0.5) is 13.2 Å². The molecular formula is C9H7BrF3NO2. The van der Waals surface area contributed by atoms with Crippen molar-refractivity contribution in [1.29, 1.82) is 0 Å². The van der Waals surface area contributed by atoms with Gasteiger partial charge in [-0.3, -0.25) is 9.78 Å². The number of ether oxygens (including phenoxy) is 1. The molecule has 88 valence electrons. The summed E-state index contributed by atoms with van der Waals surface area (Å²) in [6, 6.07) is 1.20. The van der Waals surface area contributed by atoms with Gasteiger partial charge >= 0.3 is 12.1 Å². The number of carbonyl (C=O) groups is 1. The molecule has 1 rings (SSSR count). The van der Waals surface area contributed by atoms with Crippen LogP contribution < -0.4 is 0 Å². The quantitative estimate of drug-likeness (QED) is 0.788. The Morgan fingerprint density at radius 2 is 2.12 bits per heavy atom. The maximum Gasteiger partial charge on any atom is 0.429 e. The maximum absolute atomic E-state index is 12.6. The molecule has 0 fully saturated rings. The molecule has 0 radical (unpaired) electrons. The van der Waals surface area contributed by atoms with Gasteiger partial charge in [-0.15, -0.1) is 0 Å². The number of esters is 1. The molecule has 0 spiro atoms. The van der Waals surface area contributed by atoms with Crippen molar-refractivity contribution in [3.05, 3.63) is 28.5 Å². The second kappa shape index (κ2) is 4.82. The average Bonchev–Trinajstić information content (AvgIpc) is 2.12. The van der Waals surface area contributed by atoms with Crippen molar-refractivity contribution in [2.24, 2.45) is 0 Å². The summed E-state index contributed by atoms with van der Waals surface area (Å²) in [5, 5.41) is 0. The minimum atomic E-state index is -4.66. The highest BCUT2D eigenvalue weighted by Gasteiger charge is 2.43. The fourth-order valence-corrected chi connectivity index (χ4v) is 1.44. The van der Waals surface area contributed by atoms with Crippen LogP contribution in [0, 0.1) is 0 Å². The van der Waals surface area contributed by atoms with Crippen molar-refractivity contribution in [3.63, 3.8) is 0 Å². The van der Waals surface area contributed by atoms with Crippen molar-refractivity contribution >= 4 is 21.9 Å².